The van der Waals surface area contributed by atoms with Gasteiger partial charge in [-0.05, 0) is 0 Å². The van der Waals surface area contributed by atoms with Gasteiger partial charge in [-0.25, -0.2) is 0 Å². The summed E-state index contributed by atoms with van der Waals surface area (Å²) in [5.74, 6) is -0.587. The molecule has 1 amide bonds. The van der Waals surface area contributed by atoms with Crippen LogP contribution in [0.15, 0.2) is 36.4 Å². The van der Waals surface area contributed by atoms with Crippen molar-refractivity contribution in [3.05, 3.63) is 57.6 Å². The van der Waals surface area contributed by atoms with Gasteiger partial charge in [0.2, 0.25) is 0 Å². The van der Waals surface area contributed by atoms with E-state index in [4.69, 9.17) is 32.7 Å². The maximum absolute atomic E-state index is 12.9. The van der Waals surface area contributed by atoms with Gasteiger partial charge in [0.1, 0.15) is 0 Å². The zero-order chi connectivity index (χ0) is 20.3. The number of carbonyl (C=O) groups is 3. The first-order chi connectivity index (χ1) is 13.4. The molecule has 0 spiro atoms. The van der Waals surface area contributed by atoms with Crippen LogP contribution in [0.2, 0.25) is 10.0 Å². The summed E-state index contributed by atoms with van der Waals surface area (Å²) in [6.07, 6.45) is 0. The Morgan fingerprint density at radius 2 is 1.93 bits per heavy atom. The number of fused-ring (bicyclic) bond motifs is 1. The van der Waals surface area contributed by atoms with Crippen molar-refractivity contribution in [2.24, 2.45) is 0 Å². The monoisotopic (exact) mass is 482 g/mol. The minimum atomic E-state index is -0.943. The molecule has 1 heterocycles. The summed E-state index contributed by atoms with van der Waals surface area (Å²) in [6, 6.07) is 9.00. The molecule has 1 radical (unpaired) electrons. The molecule has 2 aromatic carbocycles. The molecule has 1 aliphatic rings. The molecule has 0 saturated carbocycles. The van der Waals surface area contributed by atoms with Crippen LogP contribution in [0.5, 0.6) is 5.75 Å². The second-order valence-electron chi connectivity index (χ2n) is 5.79. The molecule has 145 valence electrons. The van der Waals surface area contributed by atoms with Crippen LogP contribution in [0.3, 0.4) is 0 Å². The molecule has 6 nitrogen and oxygen atoms in total. The Kier molecular flexibility index (Phi) is 6.65. The molecule has 1 unspecified atom stereocenters. The van der Waals surface area contributed by atoms with Gasteiger partial charge in [-0.15, -0.1) is 0 Å². The minimum absolute atomic E-state index is 0.154. The third-order valence-corrected chi connectivity index (χ3v) is 6.87. The number of nitrogens with one attached hydrogen (secondary N) is 1. The van der Waals surface area contributed by atoms with E-state index in [9.17, 15) is 14.4 Å². The molecule has 0 aromatic heterocycles. The van der Waals surface area contributed by atoms with Crippen molar-refractivity contribution < 1.29 is 23.9 Å². The SMILES string of the molecule is CCOC(=O)c1ccc([As]C(=O)C2NC(=O)COc3c2ccc(Cl)c3Cl)cc1. The first-order valence-corrected chi connectivity index (χ1v) is 11.0. The van der Waals surface area contributed by atoms with Crippen LogP contribution in [0.1, 0.15) is 28.9 Å². The van der Waals surface area contributed by atoms with Crippen molar-refractivity contribution in [1.29, 1.82) is 0 Å². The van der Waals surface area contributed by atoms with E-state index >= 15 is 0 Å². The van der Waals surface area contributed by atoms with Gasteiger partial charge in [0.05, 0.1) is 0 Å². The van der Waals surface area contributed by atoms with Gasteiger partial charge in [0.25, 0.3) is 0 Å². The molecule has 2 aromatic rings. The molecule has 9 heteroatoms. The van der Waals surface area contributed by atoms with Gasteiger partial charge in [-0.2, -0.15) is 0 Å². The van der Waals surface area contributed by atoms with Gasteiger partial charge in [-0.1, -0.05) is 0 Å². The van der Waals surface area contributed by atoms with E-state index in [1.165, 1.54) is 0 Å². The number of amides is 1. The Bertz CT molecular complexity index is 933. The van der Waals surface area contributed by atoms with Gasteiger partial charge >= 0.3 is 178 Å². The van der Waals surface area contributed by atoms with Crippen LogP contribution in [-0.2, 0) is 14.3 Å². The average molecular weight is 483 g/mol. The number of rotatable bonds is 5. The van der Waals surface area contributed by atoms with Crippen LogP contribution >= 0.6 is 23.2 Å². The fourth-order valence-electron chi connectivity index (χ4n) is 2.61. The van der Waals surface area contributed by atoms with E-state index in [0.29, 0.717) is 17.7 Å². The number of hydrogen-bond donors (Lipinski definition) is 1. The number of carbonyl (C=O) groups excluding carboxylic acids is 3. The average Bonchev–Trinajstić information content (AvgIpc) is 2.85. The topological polar surface area (TPSA) is 81.7 Å². The van der Waals surface area contributed by atoms with E-state index in [1.54, 1.807) is 43.3 Å². The first kappa shape index (κ1) is 20.7. The fourth-order valence-corrected chi connectivity index (χ4v) is 4.85. The summed E-state index contributed by atoms with van der Waals surface area (Å²) in [4.78, 5) is 36.7. The number of halogens is 2. The number of benzene rings is 2. The predicted molar refractivity (Wildman–Crippen MR) is 106 cm³/mol. The molecule has 3 rings (SSSR count). The van der Waals surface area contributed by atoms with Gasteiger partial charge in [-0.3, -0.25) is 0 Å². The van der Waals surface area contributed by atoms with Crippen molar-refractivity contribution in [3.63, 3.8) is 0 Å². The van der Waals surface area contributed by atoms with E-state index in [2.05, 4.69) is 5.32 Å². The van der Waals surface area contributed by atoms with E-state index in [1.807, 2.05) is 0 Å². The van der Waals surface area contributed by atoms with Crippen LogP contribution in [0, 0.1) is 0 Å². The van der Waals surface area contributed by atoms with E-state index in [0.717, 1.165) is 4.35 Å². The normalized spacial score (nSPS) is 16.1. The maximum atomic E-state index is 12.9. The Balaban J connectivity index is 1.83. The summed E-state index contributed by atoms with van der Waals surface area (Å²) in [5.41, 5.74) is 0.894. The molecule has 1 aliphatic heterocycles. The molecule has 1 N–H and O–H groups in total. The van der Waals surface area contributed by atoms with Crippen LogP contribution in [0.4, 0.5) is 0 Å². The Hall–Kier alpha value is -2.01. The fraction of sp³-hybridized carbons (Fsp3) is 0.211. The standard InChI is InChI=1S/C19H15AsCl2NO5/c1-2-27-19(26)10-3-5-11(6-4-10)20-18(25)16-12-7-8-13(21)15(22)17(12)28-9-14(24)23-16/h3-8,16H,2,9H2,1H3,(H,23,24). The summed E-state index contributed by atoms with van der Waals surface area (Å²) >= 11 is 11.3. The molecule has 0 saturated heterocycles. The third-order valence-electron chi connectivity index (χ3n) is 3.91. The molecular formula is C19H15AsCl2NO5. The van der Waals surface area contributed by atoms with Crippen LogP contribution in [0.25, 0.3) is 0 Å². The van der Waals surface area contributed by atoms with Gasteiger partial charge < -0.3 is 0 Å². The molecule has 0 fully saturated rings. The van der Waals surface area contributed by atoms with Crippen molar-refractivity contribution in [2.45, 2.75) is 13.0 Å². The van der Waals surface area contributed by atoms with E-state index < -0.39 is 33.7 Å². The molecule has 28 heavy (non-hydrogen) atoms. The zero-order valence-corrected chi connectivity index (χ0v) is 18.1. The Labute approximate surface area is 178 Å². The van der Waals surface area contributed by atoms with Gasteiger partial charge in [0.15, 0.2) is 0 Å². The second kappa shape index (κ2) is 8.99. The summed E-state index contributed by atoms with van der Waals surface area (Å²) < 4.78 is 11.0. The number of hydrogen-bond acceptors (Lipinski definition) is 5. The molecule has 0 aliphatic carbocycles. The zero-order valence-electron chi connectivity index (χ0n) is 14.7. The number of esters is 1. The molecular weight excluding hydrogens is 468 g/mol. The summed E-state index contributed by atoms with van der Waals surface area (Å²) in [7, 11) is 0. The van der Waals surface area contributed by atoms with E-state index in [-0.39, 0.29) is 27.0 Å². The third kappa shape index (κ3) is 4.52. The molecule has 1 atom stereocenters. The Morgan fingerprint density at radius 1 is 1.21 bits per heavy atom. The molecule has 0 bridgehead atoms. The quantitative estimate of drug-likeness (QED) is 0.522. The Morgan fingerprint density at radius 3 is 2.61 bits per heavy atom. The number of ether oxygens (including phenoxy) is 2. The van der Waals surface area contributed by atoms with Crippen molar-refractivity contribution in [3.8, 4) is 5.75 Å². The second-order valence-corrected chi connectivity index (χ2v) is 9.05. The summed E-state index contributed by atoms with van der Waals surface area (Å²) in [5, 5.41) is 3.13. The van der Waals surface area contributed by atoms with Crippen molar-refractivity contribution >= 4 is 59.8 Å². The predicted octanol–water partition coefficient (Wildman–Crippen LogP) is 2.28. The first-order valence-electron chi connectivity index (χ1n) is 8.33. The van der Waals surface area contributed by atoms with Crippen LogP contribution in [-0.4, -0.2) is 45.4 Å². The van der Waals surface area contributed by atoms with Crippen molar-refractivity contribution in [1.82, 2.24) is 5.32 Å². The van der Waals surface area contributed by atoms with Crippen LogP contribution < -0.4 is 14.4 Å². The van der Waals surface area contributed by atoms with Gasteiger partial charge in [0, 0.05) is 0 Å². The summed E-state index contributed by atoms with van der Waals surface area (Å²) in [6.45, 7) is 1.78. The van der Waals surface area contributed by atoms with Crippen molar-refractivity contribution in [2.75, 3.05) is 13.2 Å².